The number of nitrogens with zero attached hydrogens (tertiary/aromatic N) is 6. The molecule has 1 atom stereocenters. The second-order valence-electron chi connectivity index (χ2n) is 2.96. The molecular weight excluding hydrogens is 172 g/mol. The van der Waals surface area contributed by atoms with Crippen LogP contribution in [0.15, 0.2) is 10.2 Å². The van der Waals surface area contributed by atoms with E-state index in [-0.39, 0.29) is 6.10 Å². The summed E-state index contributed by atoms with van der Waals surface area (Å²) in [6.07, 6.45) is 1.81. The Morgan fingerprint density at radius 1 is 1.38 bits per heavy atom. The first kappa shape index (κ1) is 9.67. The molecule has 7 heteroatoms. The van der Waals surface area contributed by atoms with Crippen LogP contribution < -0.4 is 0 Å². The van der Waals surface area contributed by atoms with E-state index in [1.807, 2.05) is 0 Å². The van der Waals surface area contributed by atoms with Crippen LogP contribution in [0, 0.1) is 0 Å². The first-order valence-electron chi connectivity index (χ1n) is 3.91. The Balaban J connectivity index is 2.82. The third-order valence-corrected chi connectivity index (χ3v) is 2.22. The molecule has 0 saturated heterocycles. The van der Waals surface area contributed by atoms with Crippen molar-refractivity contribution in [3.05, 3.63) is 20.9 Å². The van der Waals surface area contributed by atoms with Gasteiger partial charge < -0.3 is 4.74 Å². The van der Waals surface area contributed by atoms with Gasteiger partial charge >= 0.3 is 0 Å². The van der Waals surface area contributed by atoms with Gasteiger partial charge in [0, 0.05) is 16.9 Å². The lowest BCUT2D eigenvalue weighted by atomic mass is 10.1. The quantitative estimate of drug-likeness (QED) is 0.373. The molecule has 7 nitrogen and oxygen atoms in total. The summed E-state index contributed by atoms with van der Waals surface area (Å²) in [6.45, 7) is 0. The molecule has 1 unspecified atom stereocenters. The standard InChI is InChI=1S/C6H10N6O/c1-13-5-2-3-6(4-5,9-11-7)10-12-8/h5H,2-4H2,1H3. The Hall–Kier alpha value is -1.42. The Kier molecular flexibility index (Phi) is 2.97. The van der Waals surface area contributed by atoms with Crippen molar-refractivity contribution in [2.45, 2.75) is 31.0 Å². The van der Waals surface area contributed by atoms with Crippen LogP contribution in [0.4, 0.5) is 0 Å². The van der Waals surface area contributed by atoms with Crippen LogP contribution in [-0.4, -0.2) is 18.9 Å². The largest absolute Gasteiger partial charge is 0.381 e. The highest BCUT2D eigenvalue weighted by Gasteiger charge is 2.38. The van der Waals surface area contributed by atoms with Crippen molar-refractivity contribution < 1.29 is 4.74 Å². The summed E-state index contributed by atoms with van der Waals surface area (Å²) in [6, 6.07) is 0. The van der Waals surface area contributed by atoms with Crippen LogP contribution in [0.5, 0.6) is 0 Å². The third kappa shape index (κ3) is 2.03. The molecular formula is C6H10N6O. The smallest absolute Gasteiger partial charge is 0.129 e. The zero-order valence-electron chi connectivity index (χ0n) is 7.29. The maximum atomic E-state index is 8.31. The Morgan fingerprint density at radius 3 is 2.38 bits per heavy atom. The molecule has 0 radical (unpaired) electrons. The lowest BCUT2D eigenvalue weighted by Gasteiger charge is -2.14. The summed E-state index contributed by atoms with van der Waals surface area (Å²) in [5.41, 5.74) is 15.7. The van der Waals surface area contributed by atoms with Crippen LogP contribution in [0.2, 0.25) is 0 Å². The van der Waals surface area contributed by atoms with Crippen molar-refractivity contribution in [1.82, 2.24) is 0 Å². The highest BCUT2D eigenvalue weighted by Crippen LogP contribution is 2.36. The number of methoxy groups -OCH3 is 1. The first-order valence-corrected chi connectivity index (χ1v) is 3.91. The van der Waals surface area contributed by atoms with Gasteiger partial charge in [-0.2, -0.15) is 0 Å². The minimum Gasteiger partial charge on any atom is -0.381 e. The molecule has 0 aromatic rings. The molecule has 1 aliphatic carbocycles. The van der Waals surface area contributed by atoms with Gasteiger partial charge in [0.05, 0.1) is 6.10 Å². The molecule has 0 N–H and O–H groups in total. The number of hydrogen-bond donors (Lipinski definition) is 0. The molecule has 0 spiro atoms. The fraction of sp³-hybridized carbons (Fsp3) is 1.00. The van der Waals surface area contributed by atoms with Crippen molar-refractivity contribution in [2.24, 2.45) is 10.2 Å². The van der Waals surface area contributed by atoms with E-state index < -0.39 is 5.66 Å². The minimum atomic E-state index is -0.940. The fourth-order valence-electron chi connectivity index (χ4n) is 1.53. The molecule has 0 aliphatic heterocycles. The molecule has 0 aromatic carbocycles. The van der Waals surface area contributed by atoms with Crippen LogP contribution in [0.25, 0.3) is 20.9 Å². The van der Waals surface area contributed by atoms with Crippen molar-refractivity contribution in [1.29, 1.82) is 0 Å². The SMILES string of the molecule is COC1CCC(N=[N+]=[N-])(N=[N+]=[N-])C1. The number of hydrogen-bond acceptors (Lipinski definition) is 3. The van der Waals surface area contributed by atoms with Crippen LogP contribution in [-0.2, 0) is 4.74 Å². The molecule has 1 aliphatic rings. The maximum Gasteiger partial charge on any atom is 0.129 e. The monoisotopic (exact) mass is 182 g/mol. The summed E-state index contributed by atoms with van der Waals surface area (Å²) in [5.74, 6) is 0. The Morgan fingerprint density at radius 2 is 2.00 bits per heavy atom. The van der Waals surface area contributed by atoms with Gasteiger partial charge in [-0.1, -0.05) is 10.2 Å². The van der Waals surface area contributed by atoms with Crippen molar-refractivity contribution in [3.8, 4) is 0 Å². The highest BCUT2D eigenvalue weighted by atomic mass is 16.5. The van der Waals surface area contributed by atoms with Gasteiger partial charge in [0.25, 0.3) is 0 Å². The normalized spacial score (nSPS) is 31.9. The maximum absolute atomic E-state index is 8.31. The Bertz CT molecular complexity index is 259. The summed E-state index contributed by atoms with van der Waals surface area (Å²) in [4.78, 5) is 5.36. The number of azide groups is 1. The summed E-state index contributed by atoms with van der Waals surface area (Å²) < 4.78 is 5.09. The molecule has 0 aromatic heterocycles. The van der Waals surface area contributed by atoms with E-state index in [0.717, 1.165) is 6.42 Å². The average Bonchev–Trinajstić information content (AvgIpc) is 2.50. The van der Waals surface area contributed by atoms with Crippen molar-refractivity contribution in [3.63, 3.8) is 0 Å². The molecule has 0 heterocycles. The molecule has 1 saturated carbocycles. The lowest BCUT2D eigenvalue weighted by Crippen LogP contribution is -2.19. The molecule has 13 heavy (non-hydrogen) atoms. The zero-order chi connectivity index (χ0) is 9.73. The molecule has 1 fully saturated rings. The van der Waals surface area contributed by atoms with Gasteiger partial charge in [-0.05, 0) is 30.3 Å². The predicted molar refractivity (Wildman–Crippen MR) is 45.7 cm³/mol. The van der Waals surface area contributed by atoms with Gasteiger partial charge in [0.2, 0.25) is 0 Å². The van der Waals surface area contributed by atoms with Crippen LogP contribution in [0.1, 0.15) is 19.3 Å². The predicted octanol–water partition coefficient (Wildman–Crippen LogP) is 2.50. The van der Waals surface area contributed by atoms with E-state index in [9.17, 15) is 0 Å². The van der Waals surface area contributed by atoms with E-state index >= 15 is 0 Å². The summed E-state index contributed by atoms with van der Waals surface area (Å²) >= 11 is 0. The van der Waals surface area contributed by atoms with E-state index in [1.165, 1.54) is 0 Å². The second kappa shape index (κ2) is 4.00. The van der Waals surface area contributed by atoms with Crippen LogP contribution >= 0.6 is 0 Å². The van der Waals surface area contributed by atoms with E-state index in [0.29, 0.717) is 12.8 Å². The second-order valence-corrected chi connectivity index (χ2v) is 2.96. The molecule has 0 bridgehead atoms. The van der Waals surface area contributed by atoms with Gasteiger partial charge in [-0.25, -0.2) is 0 Å². The van der Waals surface area contributed by atoms with Gasteiger partial charge in [-0.3, -0.25) is 0 Å². The Labute approximate surface area is 74.9 Å². The van der Waals surface area contributed by atoms with Crippen molar-refractivity contribution >= 4 is 0 Å². The van der Waals surface area contributed by atoms with Crippen molar-refractivity contribution in [2.75, 3.05) is 7.11 Å². The van der Waals surface area contributed by atoms with E-state index in [4.69, 9.17) is 15.8 Å². The fourth-order valence-corrected chi connectivity index (χ4v) is 1.53. The van der Waals surface area contributed by atoms with Gasteiger partial charge in [0.1, 0.15) is 5.66 Å². The number of rotatable bonds is 3. The molecule has 70 valence electrons. The molecule has 0 amide bonds. The van der Waals surface area contributed by atoms with Gasteiger partial charge in [0.15, 0.2) is 0 Å². The number of ether oxygens (including phenoxy) is 1. The third-order valence-electron chi connectivity index (χ3n) is 2.22. The highest BCUT2D eigenvalue weighted by molar-refractivity contribution is 4.95. The van der Waals surface area contributed by atoms with E-state index in [2.05, 4.69) is 20.1 Å². The van der Waals surface area contributed by atoms with Crippen LogP contribution in [0.3, 0.4) is 0 Å². The first-order chi connectivity index (χ1) is 6.26. The summed E-state index contributed by atoms with van der Waals surface area (Å²) in [7, 11) is 1.59. The average molecular weight is 182 g/mol. The lowest BCUT2D eigenvalue weighted by molar-refractivity contribution is 0.104. The topological polar surface area (TPSA) is 107 Å². The zero-order valence-corrected chi connectivity index (χ0v) is 7.29. The summed E-state index contributed by atoms with van der Waals surface area (Å²) in [5, 5.41) is 7.05. The molecule has 1 rings (SSSR count). The van der Waals surface area contributed by atoms with E-state index in [1.54, 1.807) is 7.11 Å². The van der Waals surface area contributed by atoms with Gasteiger partial charge in [-0.15, -0.1) is 0 Å². The minimum absolute atomic E-state index is 0.0241.